The fraction of sp³-hybridized carbons (Fsp3) is 0.500. The minimum absolute atomic E-state index is 0.230. The zero-order valence-electron chi connectivity index (χ0n) is 11.3. The number of carbonyl (C=O) groups is 1. The number of nitrogens with one attached hydrogen (secondary N) is 1. The largest absolute Gasteiger partial charge is 0.458 e. The monoisotopic (exact) mass is 270 g/mol. The first-order valence-electron chi connectivity index (χ1n) is 7.17. The first kappa shape index (κ1) is 13.1. The van der Waals surface area contributed by atoms with Crippen molar-refractivity contribution in [2.75, 3.05) is 0 Å². The average Bonchev–Trinajstić information content (AvgIpc) is 2.49. The Morgan fingerprint density at radius 1 is 1.35 bits per heavy atom. The third-order valence-electron chi connectivity index (χ3n) is 4.29. The molecule has 0 unspecified atom stereocenters. The van der Waals surface area contributed by atoms with Crippen LogP contribution in [0.1, 0.15) is 31.2 Å². The summed E-state index contributed by atoms with van der Waals surface area (Å²) in [4.78, 5) is 12.1. The molecular weight excluding hydrogens is 252 g/mol. The van der Waals surface area contributed by atoms with Crippen LogP contribution < -0.4 is 5.32 Å². The van der Waals surface area contributed by atoms with Gasteiger partial charge in [-0.25, -0.2) is 0 Å². The van der Waals surface area contributed by atoms with E-state index in [-0.39, 0.29) is 12.1 Å². The Balaban J connectivity index is 1.79. The molecule has 0 radical (unpaired) electrons. The summed E-state index contributed by atoms with van der Waals surface area (Å²) in [5.74, 6) is -0.230. The van der Waals surface area contributed by atoms with Crippen LogP contribution in [0.15, 0.2) is 30.3 Å². The van der Waals surface area contributed by atoms with E-state index in [0.717, 1.165) is 31.2 Å². The molecule has 0 aromatic heterocycles. The number of carbonyl (C=O) groups excluding carboxylic acids is 1. The minimum Gasteiger partial charge on any atom is -0.458 e. The minimum atomic E-state index is -0.689. The number of fused-ring (bicyclic) bond motifs is 1. The summed E-state index contributed by atoms with van der Waals surface area (Å²) in [6, 6.07) is 11.8. The van der Waals surface area contributed by atoms with E-state index in [9.17, 15) is 10.1 Å². The van der Waals surface area contributed by atoms with Crippen LogP contribution in [0.4, 0.5) is 0 Å². The van der Waals surface area contributed by atoms with Gasteiger partial charge in [-0.3, -0.25) is 10.1 Å². The molecule has 3 rings (SSSR count). The van der Waals surface area contributed by atoms with Gasteiger partial charge >= 0.3 is 5.97 Å². The van der Waals surface area contributed by atoms with E-state index in [1.807, 2.05) is 30.3 Å². The summed E-state index contributed by atoms with van der Waals surface area (Å²) < 4.78 is 5.55. The summed E-state index contributed by atoms with van der Waals surface area (Å²) in [5.41, 5.74) is 0.385. The molecule has 2 fully saturated rings. The van der Waals surface area contributed by atoms with Gasteiger partial charge in [0.05, 0.1) is 6.07 Å². The predicted octanol–water partition coefficient (Wildman–Crippen LogP) is 1.95. The highest BCUT2D eigenvalue weighted by atomic mass is 16.6. The first-order chi connectivity index (χ1) is 9.73. The molecule has 1 aliphatic heterocycles. The van der Waals surface area contributed by atoms with E-state index in [2.05, 4.69) is 11.4 Å². The van der Waals surface area contributed by atoms with Gasteiger partial charge in [0.15, 0.2) is 0 Å². The second-order valence-electron chi connectivity index (χ2n) is 5.64. The Kier molecular flexibility index (Phi) is 3.45. The molecule has 0 bridgehead atoms. The summed E-state index contributed by atoms with van der Waals surface area (Å²) in [6.45, 7) is 0. The van der Waals surface area contributed by atoms with Crippen molar-refractivity contribution >= 4 is 5.97 Å². The smallest absolute Gasteiger partial charge is 0.323 e. The van der Waals surface area contributed by atoms with Crippen LogP contribution in [-0.4, -0.2) is 23.7 Å². The maximum atomic E-state index is 12.1. The molecule has 104 valence electrons. The molecule has 3 atom stereocenters. The maximum absolute atomic E-state index is 12.1. The molecule has 4 heteroatoms. The highest BCUT2D eigenvalue weighted by Gasteiger charge is 2.50. The van der Waals surface area contributed by atoms with Gasteiger partial charge in [0, 0.05) is 0 Å². The molecule has 0 amide bonds. The quantitative estimate of drug-likeness (QED) is 0.834. The highest BCUT2D eigenvalue weighted by molar-refractivity contribution is 5.78. The van der Waals surface area contributed by atoms with Crippen molar-refractivity contribution in [1.29, 1.82) is 5.26 Å². The SMILES string of the molecule is N#C[C@@]12CCCC[C@@H]1OC(=O)[C@H](Cc1ccccc1)N2. The maximum Gasteiger partial charge on any atom is 0.323 e. The Morgan fingerprint density at radius 2 is 2.15 bits per heavy atom. The first-order valence-corrected chi connectivity index (χ1v) is 7.17. The number of hydrogen-bond acceptors (Lipinski definition) is 4. The van der Waals surface area contributed by atoms with E-state index in [4.69, 9.17) is 4.74 Å². The number of hydrogen-bond donors (Lipinski definition) is 1. The lowest BCUT2D eigenvalue weighted by Gasteiger charge is -2.45. The van der Waals surface area contributed by atoms with E-state index in [0.29, 0.717) is 6.42 Å². The predicted molar refractivity (Wildman–Crippen MR) is 73.8 cm³/mol. The van der Waals surface area contributed by atoms with Gasteiger partial charge < -0.3 is 4.74 Å². The fourth-order valence-electron chi connectivity index (χ4n) is 3.20. The van der Waals surface area contributed by atoms with Gasteiger partial charge in [-0.1, -0.05) is 36.8 Å². The van der Waals surface area contributed by atoms with Gasteiger partial charge in [0.25, 0.3) is 0 Å². The van der Waals surface area contributed by atoms with Gasteiger partial charge in [-0.2, -0.15) is 5.26 Å². The number of ether oxygens (including phenoxy) is 1. The van der Waals surface area contributed by atoms with Crippen LogP contribution >= 0.6 is 0 Å². The fourth-order valence-corrected chi connectivity index (χ4v) is 3.20. The van der Waals surface area contributed by atoms with Crippen molar-refractivity contribution in [3.8, 4) is 6.07 Å². The number of nitrogens with zero attached hydrogens (tertiary/aromatic N) is 1. The third kappa shape index (κ3) is 2.30. The Labute approximate surface area is 118 Å². The lowest BCUT2D eigenvalue weighted by atomic mass is 9.78. The molecule has 1 aliphatic carbocycles. The van der Waals surface area contributed by atoms with Gasteiger partial charge in [0.1, 0.15) is 17.7 Å². The molecule has 1 saturated carbocycles. The van der Waals surface area contributed by atoms with E-state index in [1.165, 1.54) is 0 Å². The molecule has 1 N–H and O–H groups in total. The lowest BCUT2D eigenvalue weighted by molar-refractivity contribution is -0.166. The third-order valence-corrected chi connectivity index (χ3v) is 4.29. The Bertz CT molecular complexity index is 537. The van der Waals surface area contributed by atoms with E-state index in [1.54, 1.807) is 0 Å². The molecular formula is C16H18N2O2. The number of nitriles is 1. The Morgan fingerprint density at radius 3 is 2.90 bits per heavy atom. The molecule has 1 aromatic carbocycles. The highest BCUT2D eigenvalue weighted by Crippen LogP contribution is 2.34. The number of esters is 1. The molecule has 1 aromatic rings. The van der Waals surface area contributed by atoms with E-state index < -0.39 is 11.6 Å². The topological polar surface area (TPSA) is 62.1 Å². The van der Waals surface area contributed by atoms with Gasteiger partial charge in [-0.15, -0.1) is 0 Å². The number of morpholine rings is 1. The van der Waals surface area contributed by atoms with Crippen LogP contribution in [0.25, 0.3) is 0 Å². The molecule has 2 aliphatic rings. The molecule has 20 heavy (non-hydrogen) atoms. The summed E-state index contributed by atoms with van der Waals surface area (Å²) in [5, 5.41) is 12.8. The second kappa shape index (κ2) is 5.26. The second-order valence-corrected chi connectivity index (χ2v) is 5.64. The zero-order chi connectivity index (χ0) is 14.0. The molecule has 0 spiro atoms. The van der Waals surface area contributed by atoms with Crippen molar-refractivity contribution in [1.82, 2.24) is 5.32 Å². The normalized spacial score (nSPS) is 32.9. The van der Waals surface area contributed by atoms with Crippen molar-refractivity contribution in [2.45, 2.75) is 49.8 Å². The zero-order valence-corrected chi connectivity index (χ0v) is 11.3. The van der Waals surface area contributed by atoms with Gasteiger partial charge in [0.2, 0.25) is 0 Å². The molecule has 1 saturated heterocycles. The molecule has 1 heterocycles. The van der Waals surface area contributed by atoms with Crippen LogP contribution in [-0.2, 0) is 16.0 Å². The van der Waals surface area contributed by atoms with Gasteiger partial charge in [-0.05, 0) is 31.2 Å². The van der Waals surface area contributed by atoms with Crippen LogP contribution in [0, 0.1) is 11.3 Å². The lowest BCUT2D eigenvalue weighted by Crippen LogP contribution is -2.66. The molecule has 4 nitrogen and oxygen atoms in total. The summed E-state index contributed by atoms with van der Waals surface area (Å²) >= 11 is 0. The summed E-state index contributed by atoms with van der Waals surface area (Å²) in [7, 11) is 0. The van der Waals surface area contributed by atoms with Crippen molar-refractivity contribution in [3.05, 3.63) is 35.9 Å². The average molecular weight is 270 g/mol. The van der Waals surface area contributed by atoms with E-state index >= 15 is 0 Å². The summed E-state index contributed by atoms with van der Waals surface area (Å²) in [6.07, 6.45) is 3.84. The van der Waals surface area contributed by atoms with Crippen molar-refractivity contribution in [2.24, 2.45) is 0 Å². The number of rotatable bonds is 2. The Hall–Kier alpha value is -1.86. The van der Waals surface area contributed by atoms with Crippen LogP contribution in [0.2, 0.25) is 0 Å². The van der Waals surface area contributed by atoms with Crippen molar-refractivity contribution in [3.63, 3.8) is 0 Å². The number of benzene rings is 1. The van der Waals surface area contributed by atoms with Crippen molar-refractivity contribution < 1.29 is 9.53 Å². The van der Waals surface area contributed by atoms with Crippen LogP contribution in [0.5, 0.6) is 0 Å². The van der Waals surface area contributed by atoms with Crippen LogP contribution in [0.3, 0.4) is 0 Å². The standard InChI is InChI=1S/C16H18N2O2/c17-11-16-9-5-4-8-14(16)20-15(19)13(18-16)10-12-6-2-1-3-7-12/h1-3,6-7,13-14,18H,4-5,8-10H2/t13-,14-,16-/m0/s1.